The first-order valence-corrected chi connectivity index (χ1v) is 6.35. The number of amides is 2. The molecule has 0 aliphatic carbocycles. The van der Waals surface area contributed by atoms with E-state index in [1.807, 2.05) is 0 Å². The second-order valence-electron chi connectivity index (χ2n) is 4.81. The molecule has 0 spiro atoms. The predicted octanol–water partition coefficient (Wildman–Crippen LogP) is 0.798. The van der Waals surface area contributed by atoms with Crippen LogP contribution in [0.2, 0.25) is 0 Å². The van der Waals surface area contributed by atoms with Gasteiger partial charge in [0.05, 0.1) is 5.56 Å². The molecule has 1 aromatic rings. The van der Waals surface area contributed by atoms with Gasteiger partial charge in [-0.15, -0.1) is 0 Å². The monoisotopic (exact) mass is 276 g/mol. The fraction of sp³-hybridized carbons (Fsp3) is 0.357. The Kier molecular flexibility index (Phi) is 3.74. The summed E-state index contributed by atoms with van der Waals surface area (Å²) in [6, 6.07) is 4.14. The summed E-state index contributed by atoms with van der Waals surface area (Å²) in [5.41, 5.74) is 1.71. The molecule has 106 valence electrons. The van der Waals surface area contributed by atoms with Crippen molar-refractivity contribution in [2.45, 2.75) is 26.3 Å². The van der Waals surface area contributed by atoms with Crippen LogP contribution in [0.15, 0.2) is 18.2 Å². The van der Waals surface area contributed by atoms with Crippen LogP contribution in [0.4, 0.5) is 5.69 Å². The smallest absolute Gasteiger partial charge is 0.335 e. The SMILES string of the molecule is CC(=O)NC(C)C(=O)N1CCc2ccc(C(=O)O)cc21. The number of nitrogens with one attached hydrogen (secondary N) is 1. The molecule has 0 aromatic heterocycles. The Morgan fingerprint density at radius 3 is 2.65 bits per heavy atom. The van der Waals surface area contributed by atoms with E-state index in [0.29, 0.717) is 18.7 Å². The molecule has 2 amide bonds. The molecular weight excluding hydrogens is 260 g/mol. The molecule has 0 fully saturated rings. The number of nitrogens with zero attached hydrogens (tertiary/aromatic N) is 1. The van der Waals surface area contributed by atoms with Crippen LogP contribution >= 0.6 is 0 Å². The number of rotatable bonds is 3. The van der Waals surface area contributed by atoms with Gasteiger partial charge in [-0.2, -0.15) is 0 Å². The highest BCUT2D eigenvalue weighted by atomic mass is 16.4. The summed E-state index contributed by atoms with van der Waals surface area (Å²) >= 11 is 0. The summed E-state index contributed by atoms with van der Waals surface area (Å²) in [4.78, 5) is 35.8. The number of carboxylic acid groups (broad SMARTS) is 1. The second kappa shape index (κ2) is 5.32. The standard InChI is InChI=1S/C14H16N2O4/c1-8(15-9(2)17)13(18)16-6-5-10-3-4-11(14(19)20)7-12(10)16/h3-4,7-8H,5-6H2,1-2H3,(H,15,17)(H,19,20). The van der Waals surface area contributed by atoms with Crippen molar-refractivity contribution < 1.29 is 19.5 Å². The zero-order valence-electron chi connectivity index (χ0n) is 11.3. The number of fused-ring (bicyclic) bond motifs is 1. The van der Waals surface area contributed by atoms with Crippen LogP contribution in [0, 0.1) is 0 Å². The molecule has 1 unspecified atom stereocenters. The molecule has 0 saturated heterocycles. The van der Waals surface area contributed by atoms with Crippen LogP contribution in [0.1, 0.15) is 29.8 Å². The van der Waals surface area contributed by atoms with Gasteiger partial charge >= 0.3 is 5.97 Å². The van der Waals surface area contributed by atoms with Crippen molar-refractivity contribution in [2.75, 3.05) is 11.4 Å². The first-order chi connectivity index (χ1) is 9.40. The molecule has 1 aliphatic rings. The van der Waals surface area contributed by atoms with E-state index in [1.54, 1.807) is 13.0 Å². The predicted molar refractivity (Wildman–Crippen MR) is 72.7 cm³/mol. The maximum atomic E-state index is 12.3. The lowest BCUT2D eigenvalue weighted by Gasteiger charge is -2.22. The maximum Gasteiger partial charge on any atom is 0.335 e. The third-order valence-corrected chi connectivity index (χ3v) is 3.28. The molecule has 0 saturated carbocycles. The molecule has 2 rings (SSSR count). The molecule has 1 aromatic carbocycles. The highest BCUT2D eigenvalue weighted by molar-refractivity contribution is 6.01. The van der Waals surface area contributed by atoms with Crippen LogP contribution < -0.4 is 10.2 Å². The van der Waals surface area contributed by atoms with Crippen LogP contribution in [0.25, 0.3) is 0 Å². The zero-order chi connectivity index (χ0) is 14.9. The van der Waals surface area contributed by atoms with Crippen LogP contribution in [-0.4, -0.2) is 35.5 Å². The van der Waals surface area contributed by atoms with Gasteiger partial charge in [-0.05, 0) is 31.0 Å². The molecule has 2 N–H and O–H groups in total. The van der Waals surface area contributed by atoms with Gasteiger partial charge in [-0.3, -0.25) is 9.59 Å². The molecular formula is C14H16N2O4. The van der Waals surface area contributed by atoms with Gasteiger partial charge in [-0.1, -0.05) is 6.07 Å². The summed E-state index contributed by atoms with van der Waals surface area (Å²) in [5.74, 6) is -1.53. The Hall–Kier alpha value is -2.37. The van der Waals surface area contributed by atoms with Gasteiger partial charge in [-0.25, -0.2) is 4.79 Å². The third-order valence-electron chi connectivity index (χ3n) is 3.28. The average Bonchev–Trinajstić information content (AvgIpc) is 2.79. The number of benzene rings is 1. The molecule has 0 radical (unpaired) electrons. The minimum atomic E-state index is -1.03. The fourth-order valence-corrected chi connectivity index (χ4v) is 2.34. The Balaban J connectivity index is 2.26. The summed E-state index contributed by atoms with van der Waals surface area (Å²) in [5, 5.41) is 11.5. The van der Waals surface area contributed by atoms with Gasteiger partial charge in [0.15, 0.2) is 0 Å². The summed E-state index contributed by atoms with van der Waals surface area (Å²) in [6.07, 6.45) is 0.688. The normalized spacial score (nSPS) is 14.6. The van der Waals surface area contributed by atoms with Crippen molar-refractivity contribution in [1.82, 2.24) is 5.32 Å². The van der Waals surface area contributed by atoms with Crippen LogP contribution in [0.5, 0.6) is 0 Å². The molecule has 20 heavy (non-hydrogen) atoms. The molecule has 1 heterocycles. The van der Waals surface area contributed by atoms with Gasteiger partial charge in [0, 0.05) is 19.2 Å². The van der Waals surface area contributed by atoms with E-state index in [1.165, 1.54) is 24.0 Å². The molecule has 1 aliphatic heterocycles. The van der Waals surface area contributed by atoms with Crippen LogP contribution in [-0.2, 0) is 16.0 Å². The number of hydrogen-bond acceptors (Lipinski definition) is 3. The summed E-state index contributed by atoms with van der Waals surface area (Å²) in [7, 11) is 0. The van der Waals surface area contributed by atoms with E-state index in [2.05, 4.69) is 5.32 Å². The van der Waals surface area contributed by atoms with Gasteiger partial charge in [0.2, 0.25) is 11.8 Å². The first-order valence-electron chi connectivity index (χ1n) is 6.35. The minimum absolute atomic E-state index is 0.149. The van der Waals surface area contributed by atoms with Crippen molar-refractivity contribution in [3.8, 4) is 0 Å². The summed E-state index contributed by atoms with van der Waals surface area (Å²) in [6.45, 7) is 3.47. The lowest BCUT2D eigenvalue weighted by molar-refractivity contribution is -0.126. The molecule has 6 heteroatoms. The lowest BCUT2D eigenvalue weighted by atomic mass is 10.1. The molecule has 6 nitrogen and oxygen atoms in total. The lowest BCUT2D eigenvalue weighted by Crippen LogP contribution is -2.46. The zero-order valence-corrected chi connectivity index (χ0v) is 11.3. The molecule has 0 bridgehead atoms. The average molecular weight is 276 g/mol. The van der Waals surface area contributed by atoms with E-state index in [9.17, 15) is 14.4 Å². The number of carbonyl (C=O) groups is 3. The van der Waals surface area contributed by atoms with E-state index >= 15 is 0 Å². The minimum Gasteiger partial charge on any atom is -0.478 e. The quantitative estimate of drug-likeness (QED) is 0.855. The topological polar surface area (TPSA) is 86.7 Å². The second-order valence-corrected chi connectivity index (χ2v) is 4.81. The van der Waals surface area contributed by atoms with E-state index in [-0.39, 0.29) is 17.4 Å². The summed E-state index contributed by atoms with van der Waals surface area (Å²) < 4.78 is 0. The van der Waals surface area contributed by atoms with Crippen molar-refractivity contribution in [2.24, 2.45) is 0 Å². The number of carbonyl (C=O) groups excluding carboxylic acids is 2. The highest BCUT2D eigenvalue weighted by Gasteiger charge is 2.29. The number of aromatic carboxylic acids is 1. The van der Waals surface area contributed by atoms with E-state index in [0.717, 1.165) is 5.56 Å². The Morgan fingerprint density at radius 1 is 1.35 bits per heavy atom. The number of anilines is 1. The number of carboxylic acids is 1. The number of hydrogen-bond donors (Lipinski definition) is 2. The van der Waals surface area contributed by atoms with Crippen molar-refractivity contribution in [3.05, 3.63) is 29.3 Å². The van der Waals surface area contributed by atoms with Gasteiger partial charge in [0.1, 0.15) is 6.04 Å². The van der Waals surface area contributed by atoms with Crippen LogP contribution in [0.3, 0.4) is 0 Å². The maximum absolute atomic E-state index is 12.3. The molecule has 1 atom stereocenters. The van der Waals surface area contributed by atoms with E-state index in [4.69, 9.17) is 5.11 Å². The largest absolute Gasteiger partial charge is 0.478 e. The fourth-order valence-electron chi connectivity index (χ4n) is 2.34. The Labute approximate surface area is 116 Å². The first kappa shape index (κ1) is 14.0. The van der Waals surface area contributed by atoms with Gasteiger partial charge < -0.3 is 15.3 Å². The Morgan fingerprint density at radius 2 is 2.05 bits per heavy atom. The van der Waals surface area contributed by atoms with E-state index < -0.39 is 12.0 Å². The van der Waals surface area contributed by atoms with Crippen molar-refractivity contribution in [3.63, 3.8) is 0 Å². The van der Waals surface area contributed by atoms with Crippen molar-refractivity contribution in [1.29, 1.82) is 0 Å². The third kappa shape index (κ3) is 2.64. The van der Waals surface area contributed by atoms with Crippen molar-refractivity contribution >= 4 is 23.5 Å². The van der Waals surface area contributed by atoms with Gasteiger partial charge in [0.25, 0.3) is 0 Å². The highest BCUT2D eigenvalue weighted by Crippen LogP contribution is 2.29. The Bertz CT molecular complexity index is 583.